The van der Waals surface area contributed by atoms with Gasteiger partial charge < -0.3 is 0 Å². The first kappa shape index (κ1) is 13.4. The SMILES string of the molecule is O=C(NOCC(F)(F)F)c1cccc(F)c1F. The van der Waals surface area contributed by atoms with Crippen molar-refractivity contribution in [2.75, 3.05) is 6.61 Å². The van der Waals surface area contributed by atoms with Crippen LogP contribution in [0.4, 0.5) is 22.0 Å². The van der Waals surface area contributed by atoms with Gasteiger partial charge in [-0.3, -0.25) is 9.63 Å². The summed E-state index contributed by atoms with van der Waals surface area (Å²) < 4.78 is 60.6. The maximum atomic E-state index is 13.0. The molecule has 0 bridgehead atoms. The maximum Gasteiger partial charge on any atom is 0.414 e. The number of nitrogens with one attached hydrogen (secondary N) is 1. The van der Waals surface area contributed by atoms with Gasteiger partial charge in [0.25, 0.3) is 5.91 Å². The minimum absolute atomic E-state index is 0.743. The molecule has 0 heterocycles. The molecule has 0 radical (unpaired) electrons. The van der Waals surface area contributed by atoms with E-state index in [1.807, 2.05) is 0 Å². The molecule has 94 valence electrons. The molecule has 0 spiro atoms. The molecule has 1 aromatic carbocycles. The highest BCUT2D eigenvalue weighted by Gasteiger charge is 2.28. The van der Waals surface area contributed by atoms with Gasteiger partial charge in [0.2, 0.25) is 0 Å². The molecule has 8 heteroatoms. The zero-order chi connectivity index (χ0) is 13.1. The average molecular weight is 255 g/mol. The Morgan fingerprint density at radius 3 is 2.53 bits per heavy atom. The van der Waals surface area contributed by atoms with Crippen molar-refractivity contribution >= 4 is 5.91 Å². The molecule has 1 N–H and O–H groups in total. The molecule has 1 rings (SSSR count). The van der Waals surface area contributed by atoms with E-state index < -0.39 is 35.9 Å². The summed E-state index contributed by atoms with van der Waals surface area (Å²) in [6.45, 7) is -1.73. The molecule has 0 aromatic heterocycles. The highest BCUT2D eigenvalue weighted by molar-refractivity contribution is 5.93. The first-order valence-electron chi connectivity index (χ1n) is 4.24. The molecule has 1 amide bonds. The van der Waals surface area contributed by atoms with Crippen LogP contribution in [0.1, 0.15) is 10.4 Å². The lowest BCUT2D eigenvalue weighted by atomic mass is 10.2. The Balaban J connectivity index is 2.62. The number of carbonyl (C=O) groups is 1. The quantitative estimate of drug-likeness (QED) is 0.664. The van der Waals surface area contributed by atoms with Crippen LogP contribution in [0.25, 0.3) is 0 Å². The summed E-state index contributed by atoms with van der Waals surface area (Å²) in [5.41, 5.74) is 0.615. The molecule has 0 saturated carbocycles. The predicted molar refractivity (Wildman–Crippen MR) is 45.8 cm³/mol. The third-order valence-electron chi connectivity index (χ3n) is 1.60. The largest absolute Gasteiger partial charge is 0.414 e. The van der Waals surface area contributed by atoms with Crippen molar-refractivity contribution in [3.8, 4) is 0 Å². The van der Waals surface area contributed by atoms with E-state index in [0.717, 1.165) is 18.2 Å². The molecular weight excluding hydrogens is 249 g/mol. The zero-order valence-corrected chi connectivity index (χ0v) is 8.15. The lowest BCUT2D eigenvalue weighted by Crippen LogP contribution is -2.30. The van der Waals surface area contributed by atoms with Crippen LogP contribution in [0, 0.1) is 11.6 Å². The first-order valence-corrected chi connectivity index (χ1v) is 4.24. The fourth-order valence-electron chi connectivity index (χ4n) is 0.918. The number of hydrogen-bond donors (Lipinski definition) is 1. The van der Waals surface area contributed by atoms with E-state index in [0.29, 0.717) is 0 Å². The van der Waals surface area contributed by atoms with Crippen molar-refractivity contribution < 1.29 is 31.6 Å². The van der Waals surface area contributed by atoms with E-state index in [9.17, 15) is 26.7 Å². The smallest absolute Gasteiger partial charge is 0.267 e. The van der Waals surface area contributed by atoms with Crippen LogP contribution >= 0.6 is 0 Å². The fourth-order valence-corrected chi connectivity index (χ4v) is 0.918. The van der Waals surface area contributed by atoms with Gasteiger partial charge >= 0.3 is 6.18 Å². The monoisotopic (exact) mass is 255 g/mol. The minimum Gasteiger partial charge on any atom is -0.267 e. The van der Waals surface area contributed by atoms with Gasteiger partial charge in [0, 0.05) is 0 Å². The zero-order valence-electron chi connectivity index (χ0n) is 8.15. The Kier molecular flexibility index (Phi) is 4.00. The summed E-state index contributed by atoms with van der Waals surface area (Å²) in [5, 5.41) is 0. The molecule has 0 fully saturated rings. The summed E-state index contributed by atoms with van der Waals surface area (Å²) in [4.78, 5) is 14.9. The third-order valence-corrected chi connectivity index (χ3v) is 1.60. The van der Waals surface area contributed by atoms with Crippen molar-refractivity contribution in [2.45, 2.75) is 6.18 Å². The molecule has 0 atom stereocenters. The average Bonchev–Trinajstić information content (AvgIpc) is 2.20. The second kappa shape index (κ2) is 5.09. The van der Waals surface area contributed by atoms with Crippen LogP contribution in [0.3, 0.4) is 0 Å². The topological polar surface area (TPSA) is 38.3 Å². The number of hydroxylamine groups is 1. The van der Waals surface area contributed by atoms with E-state index in [-0.39, 0.29) is 0 Å². The van der Waals surface area contributed by atoms with E-state index >= 15 is 0 Å². The van der Waals surface area contributed by atoms with Gasteiger partial charge in [-0.05, 0) is 12.1 Å². The van der Waals surface area contributed by atoms with Crippen LogP contribution in [-0.2, 0) is 4.84 Å². The normalized spacial score (nSPS) is 11.4. The Hall–Kier alpha value is -1.70. The van der Waals surface area contributed by atoms with E-state index in [1.165, 1.54) is 5.48 Å². The van der Waals surface area contributed by atoms with Crippen molar-refractivity contribution in [1.82, 2.24) is 5.48 Å². The van der Waals surface area contributed by atoms with Crippen LogP contribution < -0.4 is 5.48 Å². The molecule has 0 aliphatic rings. The number of carbonyl (C=O) groups excluding carboxylic acids is 1. The van der Waals surface area contributed by atoms with Crippen LogP contribution in [-0.4, -0.2) is 18.7 Å². The third kappa shape index (κ3) is 3.99. The molecule has 17 heavy (non-hydrogen) atoms. The summed E-state index contributed by atoms with van der Waals surface area (Å²) in [6, 6.07) is 2.71. The van der Waals surface area contributed by atoms with Gasteiger partial charge in [-0.25, -0.2) is 14.3 Å². The summed E-state index contributed by atoms with van der Waals surface area (Å²) in [6.07, 6.45) is -4.63. The number of hydrogen-bond acceptors (Lipinski definition) is 2. The first-order chi connectivity index (χ1) is 7.81. The summed E-state index contributed by atoms with van der Waals surface area (Å²) >= 11 is 0. The molecule has 1 aromatic rings. The number of amides is 1. The van der Waals surface area contributed by atoms with Gasteiger partial charge in [0.1, 0.15) is 0 Å². The van der Waals surface area contributed by atoms with Crippen molar-refractivity contribution in [2.24, 2.45) is 0 Å². The van der Waals surface area contributed by atoms with Gasteiger partial charge in [-0.15, -0.1) is 0 Å². The molecule has 0 saturated heterocycles. The predicted octanol–water partition coefficient (Wildman–Crippen LogP) is 2.19. The van der Waals surface area contributed by atoms with Crippen molar-refractivity contribution in [3.05, 3.63) is 35.4 Å². The minimum atomic E-state index is -4.63. The highest BCUT2D eigenvalue weighted by atomic mass is 19.4. The van der Waals surface area contributed by atoms with Gasteiger partial charge in [-0.2, -0.15) is 13.2 Å². The lowest BCUT2D eigenvalue weighted by molar-refractivity contribution is -0.184. The number of benzene rings is 1. The molecule has 0 unspecified atom stereocenters. The van der Waals surface area contributed by atoms with E-state index in [4.69, 9.17) is 0 Å². The van der Waals surface area contributed by atoms with Crippen LogP contribution in [0.5, 0.6) is 0 Å². The van der Waals surface area contributed by atoms with Crippen molar-refractivity contribution in [1.29, 1.82) is 0 Å². The molecule has 0 aliphatic heterocycles. The Bertz CT molecular complexity index is 418. The Morgan fingerprint density at radius 1 is 1.29 bits per heavy atom. The Labute approximate surface area is 92.1 Å². The number of rotatable bonds is 3. The number of alkyl halides is 3. The van der Waals surface area contributed by atoms with Crippen LogP contribution in [0.15, 0.2) is 18.2 Å². The van der Waals surface area contributed by atoms with E-state index in [2.05, 4.69) is 4.84 Å². The standard InChI is InChI=1S/C9H6F5NO2/c10-6-3-1-2-5(7(6)11)8(16)15-17-4-9(12,13)14/h1-3H,4H2,(H,15,16). The summed E-state index contributed by atoms with van der Waals surface area (Å²) in [7, 11) is 0. The van der Waals surface area contributed by atoms with Gasteiger partial charge in [0.15, 0.2) is 18.2 Å². The molecular formula is C9H6F5NO2. The van der Waals surface area contributed by atoms with Crippen molar-refractivity contribution in [3.63, 3.8) is 0 Å². The molecule has 0 aliphatic carbocycles. The second-order valence-corrected chi connectivity index (χ2v) is 2.94. The second-order valence-electron chi connectivity index (χ2n) is 2.94. The highest BCUT2D eigenvalue weighted by Crippen LogP contribution is 2.14. The maximum absolute atomic E-state index is 13.0. The van der Waals surface area contributed by atoms with Gasteiger partial charge in [-0.1, -0.05) is 6.07 Å². The van der Waals surface area contributed by atoms with Gasteiger partial charge in [0.05, 0.1) is 5.56 Å². The fraction of sp³-hybridized carbons (Fsp3) is 0.222. The van der Waals surface area contributed by atoms with E-state index in [1.54, 1.807) is 0 Å². The summed E-state index contributed by atoms with van der Waals surface area (Å²) in [5.74, 6) is -4.04. The van der Waals surface area contributed by atoms with Crippen LogP contribution in [0.2, 0.25) is 0 Å². The lowest BCUT2D eigenvalue weighted by Gasteiger charge is -2.08. The Morgan fingerprint density at radius 2 is 1.94 bits per heavy atom. The molecule has 3 nitrogen and oxygen atoms in total. The number of halogens is 5.